The molecule has 6 nitrogen and oxygen atoms in total. The molecule has 2 rings (SSSR count). The fraction of sp³-hybridized carbons (Fsp3) is 0.481. The molecule has 1 aromatic heterocycles. The number of carbonyl (C=O) groups is 1. The molecule has 1 heterocycles. The van der Waals surface area contributed by atoms with E-state index in [-0.39, 0.29) is 30.5 Å². The second-order valence-corrected chi connectivity index (χ2v) is 9.02. The van der Waals surface area contributed by atoms with Crippen molar-refractivity contribution in [3.05, 3.63) is 58.7 Å². The molecular formula is C27H36FNO5. The molecular weight excluding hydrogens is 437 g/mol. The van der Waals surface area contributed by atoms with Gasteiger partial charge in [-0.15, -0.1) is 0 Å². The van der Waals surface area contributed by atoms with Crippen LogP contribution in [0.2, 0.25) is 0 Å². The summed E-state index contributed by atoms with van der Waals surface area (Å²) in [6, 6.07) is 6.32. The second-order valence-electron chi connectivity index (χ2n) is 9.02. The summed E-state index contributed by atoms with van der Waals surface area (Å²) in [5.41, 5.74) is 5.24. The summed E-state index contributed by atoms with van der Waals surface area (Å²) < 4.78 is 24.5. The number of carboxylic acid groups (broad SMARTS) is 1. The van der Waals surface area contributed by atoms with E-state index in [1.807, 2.05) is 6.08 Å². The molecule has 7 heteroatoms. The van der Waals surface area contributed by atoms with Crippen LogP contribution in [0.3, 0.4) is 0 Å². The number of rotatable bonds is 12. The van der Waals surface area contributed by atoms with Crippen LogP contribution in [-0.4, -0.2) is 47.6 Å². The number of pyridine rings is 1. The molecule has 0 spiro atoms. The van der Waals surface area contributed by atoms with Crippen LogP contribution in [-0.2, 0) is 20.9 Å². The van der Waals surface area contributed by atoms with Crippen molar-refractivity contribution in [2.75, 3.05) is 14.2 Å². The Bertz CT molecular complexity index is 986. The molecule has 34 heavy (non-hydrogen) atoms. The van der Waals surface area contributed by atoms with Gasteiger partial charge < -0.3 is 19.7 Å². The first-order valence-corrected chi connectivity index (χ1v) is 11.5. The summed E-state index contributed by atoms with van der Waals surface area (Å²) in [4.78, 5) is 16.0. The van der Waals surface area contributed by atoms with Crippen LogP contribution in [0.4, 0.5) is 4.39 Å². The molecule has 0 radical (unpaired) electrons. The lowest BCUT2D eigenvalue weighted by Gasteiger charge is -2.23. The lowest BCUT2D eigenvalue weighted by atomic mass is 9.87. The van der Waals surface area contributed by atoms with Gasteiger partial charge in [-0.05, 0) is 35.1 Å². The first-order chi connectivity index (χ1) is 16.1. The molecule has 186 valence electrons. The van der Waals surface area contributed by atoms with Gasteiger partial charge in [-0.1, -0.05) is 52.0 Å². The smallest absolute Gasteiger partial charge is 0.305 e. The van der Waals surface area contributed by atoms with E-state index in [1.54, 1.807) is 25.3 Å². The largest absolute Gasteiger partial charge is 0.481 e. The van der Waals surface area contributed by atoms with Crippen molar-refractivity contribution >= 4 is 12.0 Å². The molecule has 0 aliphatic carbocycles. The number of aliphatic hydroxyl groups is 1. The monoisotopic (exact) mass is 473 g/mol. The standard InChI is InChI=1S/C27H36FNO5/c1-16(2)26-22(12-11-20(30)13-21(34-6)14-24(31)32)25(18-7-9-19(28)10-8-18)23(15-33-5)27(29-26)17(3)4/h7-12,16-17,20-21,30H,13-15H2,1-6H3,(H,31,32)/b12-11+/t20-,21-/m1/s1. The van der Waals surface area contributed by atoms with Gasteiger partial charge in [-0.3, -0.25) is 9.78 Å². The normalized spacial score (nSPS) is 13.7. The number of carboxylic acids is 1. The summed E-state index contributed by atoms with van der Waals surface area (Å²) in [5.74, 6) is -1.08. The van der Waals surface area contributed by atoms with E-state index in [0.717, 1.165) is 33.6 Å². The minimum atomic E-state index is -0.985. The maximum Gasteiger partial charge on any atom is 0.305 e. The maximum atomic E-state index is 13.7. The number of methoxy groups -OCH3 is 2. The third-order valence-corrected chi connectivity index (χ3v) is 5.64. The molecule has 0 aliphatic heterocycles. The van der Waals surface area contributed by atoms with Crippen LogP contribution in [0.1, 0.15) is 74.9 Å². The van der Waals surface area contributed by atoms with Gasteiger partial charge >= 0.3 is 5.97 Å². The predicted octanol–water partition coefficient (Wildman–Crippen LogP) is 5.53. The van der Waals surface area contributed by atoms with E-state index in [0.29, 0.717) is 6.61 Å². The van der Waals surface area contributed by atoms with Gasteiger partial charge in [0.1, 0.15) is 5.82 Å². The van der Waals surface area contributed by atoms with E-state index in [1.165, 1.54) is 19.2 Å². The third-order valence-electron chi connectivity index (χ3n) is 5.64. The van der Waals surface area contributed by atoms with E-state index in [2.05, 4.69) is 27.7 Å². The summed E-state index contributed by atoms with van der Waals surface area (Å²) in [6.07, 6.45) is 1.88. The van der Waals surface area contributed by atoms with E-state index in [9.17, 15) is 14.3 Å². The van der Waals surface area contributed by atoms with Gasteiger partial charge in [0.15, 0.2) is 0 Å². The maximum absolute atomic E-state index is 13.7. The highest BCUT2D eigenvalue weighted by atomic mass is 19.1. The minimum Gasteiger partial charge on any atom is -0.481 e. The van der Waals surface area contributed by atoms with Crippen LogP contribution in [0, 0.1) is 5.82 Å². The first kappa shape index (κ1) is 27.6. The van der Waals surface area contributed by atoms with E-state index in [4.69, 9.17) is 19.6 Å². The Morgan fingerprint density at radius 2 is 1.71 bits per heavy atom. The Kier molecular flexibility index (Phi) is 10.4. The predicted molar refractivity (Wildman–Crippen MR) is 131 cm³/mol. The molecule has 0 amide bonds. The van der Waals surface area contributed by atoms with Crippen molar-refractivity contribution in [2.45, 2.75) is 71.2 Å². The molecule has 1 aromatic carbocycles. The number of ether oxygens (including phenoxy) is 2. The number of aliphatic carboxylic acids is 1. The molecule has 2 N–H and O–H groups in total. The zero-order chi connectivity index (χ0) is 25.4. The quantitative estimate of drug-likeness (QED) is 0.421. The summed E-state index contributed by atoms with van der Waals surface area (Å²) >= 11 is 0. The number of hydrogen-bond acceptors (Lipinski definition) is 5. The van der Waals surface area contributed by atoms with E-state index < -0.39 is 18.2 Å². The summed E-state index contributed by atoms with van der Waals surface area (Å²) in [7, 11) is 3.06. The van der Waals surface area contributed by atoms with Gasteiger partial charge in [0.05, 0.1) is 30.9 Å². The fourth-order valence-electron chi connectivity index (χ4n) is 4.01. The van der Waals surface area contributed by atoms with Crippen molar-refractivity contribution in [3.63, 3.8) is 0 Å². The van der Waals surface area contributed by atoms with Gasteiger partial charge in [0, 0.05) is 37.5 Å². The van der Waals surface area contributed by atoms with Gasteiger partial charge in [0.25, 0.3) is 0 Å². The number of aliphatic hydroxyl groups excluding tert-OH is 1. The van der Waals surface area contributed by atoms with Gasteiger partial charge in [-0.2, -0.15) is 0 Å². The number of nitrogens with zero attached hydrogens (tertiary/aromatic N) is 1. The van der Waals surface area contributed by atoms with Crippen molar-refractivity contribution in [2.24, 2.45) is 0 Å². The van der Waals surface area contributed by atoms with Crippen molar-refractivity contribution in [1.29, 1.82) is 0 Å². The fourth-order valence-corrected chi connectivity index (χ4v) is 4.01. The molecule has 0 fully saturated rings. The number of aromatic nitrogens is 1. The Labute approximate surface area is 201 Å². The highest BCUT2D eigenvalue weighted by Crippen LogP contribution is 2.38. The average Bonchev–Trinajstić information content (AvgIpc) is 2.77. The van der Waals surface area contributed by atoms with Crippen molar-refractivity contribution in [1.82, 2.24) is 4.98 Å². The molecule has 2 aromatic rings. The first-order valence-electron chi connectivity index (χ1n) is 11.5. The summed E-state index contributed by atoms with van der Waals surface area (Å²) in [6.45, 7) is 8.59. The minimum absolute atomic E-state index is 0.0869. The summed E-state index contributed by atoms with van der Waals surface area (Å²) in [5, 5.41) is 19.7. The van der Waals surface area contributed by atoms with Crippen LogP contribution < -0.4 is 0 Å². The Balaban J connectivity index is 2.68. The Morgan fingerprint density at radius 3 is 2.21 bits per heavy atom. The molecule has 0 saturated heterocycles. The second kappa shape index (κ2) is 12.7. The number of hydrogen-bond donors (Lipinski definition) is 2. The molecule has 0 bridgehead atoms. The molecule has 2 atom stereocenters. The lowest BCUT2D eigenvalue weighted by Crippen LogP contribution is -2.21. The van der Waals surface area contributed by atoms with Crippen LogP contribution in [0.15, 0.2) is 30.3 Å². The van der Waals surface area contributed by atoms with Gasteiger partial charge in [0.2, 0.25) is 0 Å². The third kappa shape index (κ3) is 7.19. The highest BCUT2D eigenvalue weighted by Gasteiger charge is 2.23. The molecule has 0 unspecified atom stereocenters. The van der Waals surface area contributed by atoms with Gasteiger partial charge in [-0.25, -0.2) is 4.39 Å². The Morgan fingerprint density at radius 1 is 1.09 bits per heavy atom. The van der Waals surface area contributed by atoms with Crippen molar-refractivity contribution < 1.29 is 28.9 Å². The lowest BCUT2D eigenvalue weighted by molar-refractivity contribution is -0.140. The van der Waals surface area contributed by atoms with Crippen LogP contribution in [0.5, 0.6) is 0 Å². The SMILES string of the molecule is COCc1c(C(C)C)nc(C(C)C)c(/C=C/[C@@H](O)C[C@H](CC(=O)O)OC)c1-c1ccc(F)cc1. The zero-order valence-electron chi connectivity index (χ0n) is 20.8. The van der Waals surface area contributed by atoms with Crippen molar-refractivity contribution in [3.8, 4) is 11.1 Å². The number of benzene rings is 1. The number of halogens is 1. The highest BCUT2D eigenvalue weighted by molar-refractivity contribution is 5.80. The van der Waals surface area contributed by atoms with E-state index >= 15 is 0 Å². The van der Waals surface area contributed by atoms with Crippen LogP contribution in [0.25, 0.3) is 17.2 Å². The molecule has 0 saturated carbocycles. The molecule has 0 aliphatic rings. The topological polar surface area (TPSA) is 88.9 Å². The average molecular weight is 474 g/mol. The Hall–Kier alpha value is -2.61. The van der Waals surface area contributed by atoms with Crippen LogP contribution >= 0.6 is 0 Å². The zero-order valence-corrected chi connectivity index (χ0v) is 20.8.